The lowest BCUT2D eigenvalue weighted by Crippen LogP contribution is -2.31. The molecule has 0 bridgehead atoms. The van der Waals surface area contributed by atoms with Crippen molar-refractivity contribution in [2.75, 3.05) is 0 Å². The van der Waals surface area contributed by atoms with Crippen LogP contribution in [0.15, 0.2) is 36.4 Å². The second-order valence-electron chi connectivity index (χ2n) is 8.16. The molecule has 134 valence electrons. The van der Waals surface area contributed by atoms with Crippen molar-refractivity contribution in [1.29, 1.82) is 0 Å². The van der Waals surface area contributed by atoms with Gasteiger partial charge in [-0.3, -0.25) is 0 Å². The molecule has 1 heteroatoms. The zero-order chi connectivity index (χ0) is 18.1. The van der Waals surface area contributed by atoms with Gasteiger partial charge in [0.1, 0.15) is 0 Å². The molecule has 3 atom stereocenters. The summed E-state index contributed by atoms with van der Waals surface area (Å²) < 4.78 is 0. The first-order chi connectivity index (χ1) is 11.9. The smallest absolute Gasteiger partial charge is 0.0126 e. The molecule has 2 aromatic rings. The van der Waals surface area contributed by atoms with Crippen LogP contribution in [0.3, 0.4) is 0 Å². The Bertz CT molecular complexity index is 654. The third-order valence-corrected chi connectivity index (χ3v) is 9.89. The van der Waals surface area contributed by atoms with Gasteiger partial charge < -0.3 is 0 Å². The van der Waals surface area contributed by atoms with Crippen LogP contribution < -0.4 is 10.6 Å². The highest BCUT2D eigenvalue weighted by Gasteiger charge is 2.36. The van der Waals surface area contributed by atoms with Crippen molar-refractivity contribution < 1.29 is 0 Å². The van der Waals surface area contributed by atoms with Gasteiger partial charge in [0.25, 0.3) is 0 Å². The van der Waals surface area contributed by atoms with Crippen molar-refractivity contribution in [3.8, 4) is 0 Å². The summed E-state index contributed by atoms with van der Waals surface area (Å²) in [6.07, 6.45) is 4.24. The summed E-state index contributed by atoms with van der Waals surface area (Å²) in [5.74, 6) is 1.73. The minimum absolute atomic E-state index is 0.333. The summed E-state index contributed by atoms with van der Waals surface area (Å²) in [6, 6.07) is 13.7. The number of rotatable bonds is 4. The van der Waals surface area contributed by atoms with E-state index in [0.717, 1.165) is 17.5 Å². The summed E-state index contributed by atoms with van der Waals surface area (Å²) in [5, 5.41) is 3.28. The van der Waals surface area contributed by atoms with Crippen LogP contribution in [0.5, 0.6) is 0 Å². The van der Waals surface area contributed by atoms with Gasteiger partial charge in [0.2, 0.25) is 0 Å². The molecule has 1 saturated carbocycles. The quantitative estimate of drug-likeness (QED) is 0.577. The van der Waals surface area contributed by atoms with Crippen LogP contribution in [0.4, 0.5) is 0 Å². The van der Waals surface area contributed by atoms with Gasteiger partial charge >= 0.3 is 0 Å². The highest BCUT2D eigenvalue weighted by Crippen LogP contribution is 2.51. The lowest BCUT2D eigenvalue weighted by atomic mass is 9.95. The molecule has 0 spiro atoms. The Morgan fingerprint density at radius 2 is 1.24 bits per heavy atom. The van der Waals surface area contributed by atoms with Crippen molar-refractivity contribution >= 4 is 18.5 Å². The molecule has 25 heavy (non-hydrogen) atoms. The van der Waals surface area contributed by atoms with Crippen molar-refractivity contribution in [2.45, 2.75) is 66.5 Å². The summed E-state index contributed by atoms with van der Waals surface area (Å²) in [5.41, 5.74) is 6.65. The highest BCUT2D eigenvalue weighted by molar-refractivity contribution is 7.74. The Hall–Kier alpha value is -1.13. The van der Waals surface area contributed by atoms with E-state index in [1.54, 1.807) is 10.6 Å². The molecule has 0 heterocycles. The fraction of sp³-hybridized carbons (Fsp3) is 0.500. The molecule has 1 aliphatic carbocycles. The predicted molar refractivity (Wildman–Crippen MR) is 114 cm³/mol. The zero-order valence-electron chi connectivity index (χ0n) is 16.8. The zero-order valence-corrected chi connectivity index (χ0v) is 17.7. The Labute approximate surface area is 155 Å². The predicted octanol–water partition coefficient (Wildman–Crippen LogP) is 6.18. The van der Waals surface area contributed by atoms with E-state index in [9.17, 15) is 0 Å². The van der Waals surface area contributed by atoms with Gasteiger partial charge in [-0.05, 0) is 92.4 Å². The average Bonchev–Trinajstić information content (AvgIpc) is 2.98. The average molecular weight is 353 g/mol. The van der Waals surface area contributed by atoms with E-state index >= 15 is 0 Å². The van der Waals surface area contributed by atoms with E-state index < -0.39 is 0 Å². The molecular formula is C24H33P. The molecule has 0 aromatic heterocycles. The maximum absolute atomic E-state index is 2.55. The van der Waals surface area contributed by atoms with Gasteiger partial charge in [-0.1, -0.05) is 63.1 Å². The first-order valence-electron chi connectivity index (χ1n) is 9.83. The number of aryl methyl sites for hydroxylation is 4. The minimum Gasteiger partial charge on any atom is -0.0622 e. The van der Waals surface area contributed by atoms with Crippen LogP contribution in [0.1, 0.15) is 55.4 Å². The van der Waals surface area contributed by atoms with Crippen molar-refractivity contribution in [2.24, 2.45) is 11.8 Å². The molecule has 1 fully saturated rings. The van der Waals surface area contributed by atoms with Crippen molar-refractivity contribution in [3.05, 3.63) is 58.7 Å². The highest BCUT2D eigenvalue weighted by atomic mass is 31.1. The normalized spacial score (nSPS) is 21.7. The minimum atomic E-state index is -0.333. The molecule has 2 aromatic carbocycles. The van der Waals surface area contributed by atoms with E-state index in [0.29, 0.717) is 0 Å². The molecule has 0 nitrogen and oxygen atoms in total. The topological polar surface area (TPSA) is 0 Å². The maximum atomic E-state index is 2.55. The molecule has 0 radical (unpaired) electrons. The van der Waals surface area contributed by atoms with Gasteiger partial charge in [-0.2, -0.15) is 0 Å². The van der Waals surface area contributed by atoms with E-state index in [1.165, 1.54) is 41.5 Å². The molecule has 1 aliphatic rings. The number of benzene rings is 2. The number of hydrogen-bond acceptors (Lipinski definition) is 0. The lowest BCUT2D eigenvalue weighted by molar-refractivity contribution is 0.414. The third kappa shape index (κ3) is 3.56. The Morgan fingerprint density at radius 3 is 1.60 bits per heavy atom. The van der Waals surface area contributed by atoms with Gasteiger partial charge in [0, 0.05) is 0 Å². The van der Waals surface area contributed by atoms with Crippen LogP contribution in [0.2, 0.25) is 0 Å². The summed E-state index contributed by atoms with van der Waals surface area (Å²) >= 11 is 0. The van der Waals surface area contributed by atoms with Crippen LogP contribution in [0.25, 0.3) is 0 Å². The SMILES string of the molecule is Cc1cccc(C)c1P(c1c(C)cccc1C)[C@H](C)C1CCCC1C. The maximum Gasteiger partial charge on any atom is -0.0126 e. The third-order valence-electron chi connectivity index (χ3n) is 6.32. The second-order valence-corrected chi connectivity index (χ2v) is 10.6. The number of hydrogen-bond donors (Lipinski definition) is 0. The molecule has 3 rings (SSSR count). The van der Waals surface area contributed by atoms with E-state index in [1.807, 2.05) is 0 Å². The van der Waals surface area contributed by atoms with Crippen LogP contribution in [-0.2, 0) is 0 Å². The van der Waals surface area contributed by atoms with E-state index in [4.69, 9.17) is 0 Å². The fourth-order valence-corrected chi connectivity index (χ4v) is 8.65. The lowest BCUT2D eigenvalue weighted by Gasteiger charge is -2.36. The summed E-state index contributed by atoms with van der Waals surface area (Å²) in [6.45, 7) is 14.3. The molecule has 2 unspecified atom stereocenters. The first-order valence-corrected chi connectivity index (χ1v) is 11.2. The monoisotopic (exact) mass is 352 g/mol. The first kappa shape index (κ1) is 18.7. The molecule has 0 saturated heterocycles. The Balaban J connectivity index is 2.18. The van der Waals surface area contributed by atoms with Crippen LogP contribution in [0, 0.1) is 39.5 Å². The van der Waals surface area contributed by atoms with Gasteiger partial charge in [-0.25, -0.2) is 0 Å². The van der Waals surface area contributed by atoms with Crippen LogP contribution in [-0.4, -0.2) is 5.66 Å². The van der Waals surface area contributed by atoms with Crippen molar-refractivity contribution in [1.82, 2.24) is 0 Å². The summed E-state index contributed by atoms with van der Waals surface area (Å²) in [7, 11) is -0.333. The van der Waals surface area contributed by atoms with Crippen LogP contribution >= 0.6 is 7.92 Å². The fourth-order valence-electron chi connectivity index (χ4n) is 4.97. The Morgan fingerprint density at radius 1 is 0.800 bits per heavy atom. The molecule has 0 amide bonds. The van der Waals surface area contributed by atoms with E-state index in [2.05, 4.69) is 77.9 Å². The van der Waals surface area contributed by atoms with Gasteiger partial charge in [-0.15, -0.1) is 0 Å². The standard InChI is InChI=1S/C24H33P/c1-16-10-9-15-22(16)21(6)25(23-17(2)11-7-12-18(23)3)24-19(4)13-8-14-20(24)5/h7-8,11-14,16,21-22H,9-10,15H2,1-6H3/t16?,21-,22?/m1/s1. The Kier molecular flexibility index (Phi) is 5.69. The largest absolute Gasteiger partial charge is 0.0622 e. The van der Waals surface area contributed by atoms with Gasteiger partial charge in [0.15, 0.2) is 0 Å². The second kappa shape index (κ2) is 7.63. The summed E-state index contributed by atoms with van der Waals surface area (Å²) in [4.78, 5) is 0. The van der Waals surface area contributed by atoms with Gasteiger partial charge in [0.05, 0.1) is 0 Å². The molecule has 0 N–H and O–H groups in total. The molecular weight excluding hydrogens is 319 g/mol. The molecule has 0 aliphatic heterocycles. The van der Waals surface area contributed by atoms with E-state index in [-0.39, 0.29) is 7.92 Å². The van der Waals surface area contributed by atoms with Crippen molar-refractivity contribution in [3.63, 3.8) is 0 Å².